The Morgan fingerprint density at radius 3 is 2.32 bits per heavy atom. The van der Waals surface area contributed by atoms with Gasteiger partial charge in [-0.3, -0.25) is 9.59 Å². The third-order valence-electron chi connectivity index (χ3n) is 9.35. The van der Waals surface area contributed by atoms with Gasteiger partial charge in [-0.2, -0.15) is 0 Å². The smallest absolute Gasteiger partial charge is 0.311 e. The van der Waals surface area contributed by atoms with Gasteiger partial charge in [0.1, 0.15) is 0 Å². The van der Waals surface area contributed by atoms with Crippen LogP contribution in [0.2, 0.25) is 19.6 Å². The predicted molar refractivity (Wildman–Crippen MR) is 122 cm³/mol. The Bertz CT molecular complexity index is 802. The van der Waals surface area contributed by atoms with E-state index in [1.54, 1.807) is 0 Å². The van der Waals surface area contributed by atoms with Crippen LogP contribution >= 0.6 is 0 Å². The minimum absolute atomic E-state index is 0.104. The highest BCUT2D eigenvalue weighted by Crippen LogP contribution is 2.78. The molecule has 4 aliphatic carbocycles. The van der Waals surface area contributed by atoms with Gasteiger partial charge < -0.3 is 13.9 Å². The summed E-state index contributed by atoms with van der Waals surface area (Å²) in [5, 5.41) is 0. The van der Waals surface area contributed by atoms with E-state index in [4.69, 9.17) is 13.9 Å². The monoisotopic (exact) mass is 448 g/mol. The first kappa shape index (κ1) is 23.0. The molecule has 0 saturated heterocycles. The molecule has 1 unspecified atom stereocenters. The number of allylic oxidation sites excluding steroid dienone is 1. The lowest BCUT2D eigenvalue weighted by Crippen LogP contribution is -2.53. The average Bonchev–Trinajstić information content (AvgIpc) is 3.06. The molecule has 0 aliphatic heterocycles. The summed E-state index contributed by atoms with van der Waals surface area (Å²) in [6.07, 6.45) is 5.62. The zero-order chi connectivity index (χ0) is 23.0. The molecule has 6 heteroatoms. The van der Waals surface area contributed by atoms with Gasteiger partial charge in [0.05, 0.1) is 25.6 Å². The van der Waals surface area contributed by atoms with E-state index in [0.717, 1.165) is 38.5 Å². The van der Waals surface area contributed by atoms with Crippen LogP contribution in [0.1, 0.15) is 52.4 Å². The summed E-state index contributed by atoms with van der Waals surface area (Å²) < 4.78 is 17.7. The summed E-state index contributed by atoms with van der Waals surface area (Å²) in [4.78, 5) is 26.7. The van der Waals surface area contributed by atoms with E-state index in [9.17, 15) is 9.59 Å². The standard InChI is InChI=1S/C25H40O5Si/c1-15-13-25-14-16(15)12-17(30-31(6,7)8)19(25)23(2)10-9-11-24(3,22(27)29-5)20(23)18(25)21(26)28-4/h16-20H,1,9-14H2,2-8H3/t16?,17-,18+,19-,20-,23-,24+,25+/m0/s1. The van der Waals surface area contributed by atoms with Gasteiger partial charge in [-0.1, -0.05) is 25.5 Å². The summed E-state index contributed by atoms with van der Waals surface area (Å²) in [6, 6.07) is 0. The van der Waals surface area contributed by atoms with Crippen molar-refractivity contribution in [2.24, 2.45) is 39.9 Å². The number of esters is 2. The molecule has 0 amide bonds. The van der Waals surface area contributed by atoms with Crippen molar-refractivity contribution in [3.63, 3.8) is 0 Å². The van der Waals surface area contributed by atoms with Crippen LogP contribution in [0.3, 0.4) is 0 Å². The molecule has 4 saturated carbocycles. The van der Waals surface area contributed by atoms with Crippen molar-refractivity contribution in [3.8, 4) is 0 Å². The minimum atomic E-state index is -1.81. The predicted octanol–water partition coefficient (Wildman–Crippen LogP) is 4.97. The fourth-order valence-electron chi connectivity index (χ4n) is 8.86. The van der Waals surface area contributed by atoms with Crippen LogP contribution in [0.15, 0.2) is 12.2 Å². The molecular weight excluding hydrogens is 408 g/mol. The Balaban J connectivity index is 1.94. The molecular formula is C25H40O5Si. The molecule has 8 atom stereocenters. The summed E-state index contributed by atoms with van der Waals surface area (Å²) in [6.45, 7) is 15.5. The molecule has 174 valence electrons. The third kappa shape index (κ3) is 3.11. The van der Waals surface area contributed by atoms with Crippen LogP contribution in [-0.4, -0.2) is 40.6 Å². The highest BCUT2D eigenvalue weighted by atomic mass is 28.4. The van der Waals surface area contributed by atoms with Gasteiger partial charge in [0, 0.05) is 6.10 Å². The lowest BCUT2D eigenvalue weighted by atomic mass is 9.53. The van der Waals surface area contributed by atoms with Gasteiger partial charge >= 0.3 is 11.9 Å². The van der Waals surface area contributed by atoms with Crippen LogP contribution < -0.4 is 0 Å². The van der Waals surface area contributed by atoms with Gasteiger partial charge in [-0.05, 0) is 87.3 Å². The van der Waals surface area contributed by atoms with E-state index >= 15 is 0 Å². The van der Waals surface area contributed by atoms with Crippen molar-refractivity contribution < 1.29 is 23.5 Å². The maximum Gasteiger partial charge on any atom is 0.311 e. The number of hydrogen-bond acceptors (Lipinski definition) is 5. The first-order valence-corrected chi connectivity index (χ1v) is 15.3. The van der Waals surface area contributed by atoms with E-state index in [1.165, 1.54) is 19.8 Å². The second kappa shape index (κ2) is 7.18. The molecule has 0 radical (unpaired) electrons. The van der Waals surface area contributed by atoms with E-state index in [1.807, 2.05) is 6.92 Å². The molecule has 31 heavy (non-hydrogen) atoms. The second-order valence-electron chi connectivity index (χ2n) is 12.2. The Kier molecular flexibility index (Phi) is 5.33. The minimum Gasteiger partial charge on any atom is -0.469 e. The molecule has 0 aromatic rings. The van der Waals surface area contributed by atoms with Crippen LogP contribution in [-0.2, 0) is 23.5 Å². The fourth-order valence-corrected chi connectivity index (χ4v) is 10.0. The highest BCUT2D eigenvalue weighted by Gasteiger charge is 2.77. The number of carbonyl (C=O) groups excluding carboxylic acids is 2. The van der Waals surface area contributed by atoms with E-state index in [-0.39, 0.29) is 46.6 Å². The van der Waals surface area contributed by atoms with Gasteiger partial charge in [-0.15, -0.1) is 0 Å². The van der Waals surface area contributed by atoms with Crippen LogP contribution in [0, 0.1) is 39.9 Å². The van der Waals surface area contributed by atoms with Crippen molar-refractivity contribution >= 4 is 20.3 Å². The topological polar surface area (TPSA) is 61.8 Å². The number of fused-ring (bicyclic) bond motifs is 3. The van der Waals surface area contributed by atoms with Crippen LogP contribution in [0.5, 0.6) is 0 Å². The van der Waals surface area contributed by atoms with Crippen molar-refractivity contribution in [2.45, 2.75) is 78.1 Å². The van der Waals surface area contributed by atoms with E-state index < -0.39 is 13.7 Å². The lowest BCUT2D eigenvalue weighted by molar-refractivity contribution is -0.170. The molecule has 1 spiro atoms. The lowest BCUT2D eigenvalue weighted by Gasteiger charge is -2.53. The Morgan fingerprint density at radius 2 is 1.74 bits per heavy atom. The van der Waals surface area contributed by atoms with Crippen molar-refractivity contribution in [1.82, 2.24) is 0 Å². The summed E-state index contributed by atoms with van der Waals surface area (Å²) in [5.41, 5.74) is 0.134. The second-order valence-corrected chi connectivity index (χ2v) is 16.7. The molecule has 4 aliphatic rings. The Labute approximate surface area is 188 Å². The SMILES string of the molecule is C=C1C[C@]23CC1C[C@H](O[Si](C)(C)C)[C@H]2[C@]1(C)CCC[C@@](C)(C(=O)OC)[C@H]1[C@@H]3C(=O)OC. The van der Waals surface area contributed by atoms with Crippen LogP contribution in [0.25, 0.3) is 0 Å². The third-order valence-corrected chi connectivity index (χ3v) is 10.4. The maximum atomic E-state index is 13.5. The molecule has 0 N–H and O–H groups in total. The first-order valence-electron chi connectivity index (χ1n) is 11.9. The zero-order valence-electron chi connectivity index (χ0n) is 20.4. The molecule has 4 fully saturated rings. The molecule has 4 rings (SSSR count). The number of carbonyl (C=O) groups is 2. The zero-order valence-corrected chi connectivity index (χ0v) is 21.4. The first-order chi connectivity index (χ1) is 14.3. The fraction of sp³-hybridized carbons (Fsp3) is 0.840. The van der Waals surface area contributed by atoms with Crippen LogP contribution in [0.4, 0.5) is 0 Å². The molecule has 2 bridgehead atoms. The number of hydrogen-bond donors (Lipinski definition) is 0. The van der Waals surface area contributed by atoms with Crippen molar-refractivity contribution in [1.29, 1.82) is 0 Å². The summed E-state index contributed by atoms with van der Waals surface area (Å²) in [5.74, 6) is -0.192. The summed E-state index contributed by atoms with van der Waals surface area (Å²) >= 11 is 0. The van der Waals surface area contributed by atoms with Gasteiger partial charge in [-0.25, -0.2) is 0 Å². The highest BCUT2D eigenvalue weighted by molar-refractivity contribution is 6.69. The maximum absolute atomic E-state index is 13.5. The molecule has 5 nitrogen and oxygen atoms in total. The van der Waals surface area contributed by atoms with Crippen molar-refractivity contribution in [3.05, 3.63) is 12.2 Å². The number of ether oxygens (including phenoxy) is 2. The van der Waals surface area contributed by atoms with E-state index in [2.05, 4.69) is 33.1 Å². The number of methoxy groups -OCH3 is 2. The van der Waals surface area contributed by atoms with E-state index in [0.29, 0.717) is 5.92 Å². The normalized spacial score (nSPS) is 46.3. The molecule has 0 aromatic heterocycles. The van der Waals surface area contributed by atoms with Gasteiger partial charge in [0.15, 0.2) is 8.32 Å². The largest absolute Gasteiger partial charge is 0.469 e. The quantitative estimate of drug-likeness (QED) is 0.345. The average molecular weight is 449 g/mol. The van der Waals surface area contributed by atoms with Gasteiger partial charge in [0.2, 0.25) is 0 Å². The molecule has 0 aromatic carbocycles. The summed E-state index contributed by atoms with van der Waals surface area (Å²) in [7, 11) is 1.15. The van der Waals surface area contributed by atoms with Crippen molar-refractivity contribution in [2.75, 3.05) is 14.2 Å². The van der Waals surface area contributed by atoms with Gasteiger partial charge in [0.25, 0.3) is 0 Å². The Morgan fingerprint density at radius 1 is 1.06 bits per heavy atom. The number of rotatable bonds is 4. The molecule has 0 heterocycles. The Hall–Kier alpha value is -1.14.